The lowest BCUT2D eigenvalue weighted by Crippen LogP contribution is -2.68. The van der Waals surface area contributed by atoms with Crippen LogP contribution in [0.2, 0.25) is 0 Å². The number of nitro groups is 1. The Morgan fingerprint density at radius 1 is 1.17 bits per heavy atom. The molecule has 1 spiro atoms. The van der Waals surface area contributed by atoms with Crippen molar-refractivity contribution in [2.75, 3.05) is 0 Å². The van der Waals surface area contributed by atoms with Crippen molar-refractivity contribution in [1.29, 1.82) is 0 Å². The number of ketones is 2. The molecular weight excluding hydrogens is 462 g/mol. The largest absolute Gasteiger partial charge is 0.461 e. The summed E-state index contributed by atoms with van der Waals surface area (Å²) in [5, 5.41) is 22.5. The minimum Gasteiger partial charge on any atom is -0.461 e. The molecule has 8 nitrogen and oxygen atoms in total. The number of ether oxygens (including phenoxy) is 1. The van der Waals surface area contributed by atoms with Crippen molar-refractivity contribution in [3.63, 3.8) is 0 Å². The Morgan fingerprint density at radius 3 is 2.47 bits per heavy atom. The van der Waals surface area contributed by atoms with Gasteiger partial charge in [-0.15, -0.1) is 0 Å². The molecule has 8 heteroatoms. The second-order valence-corrected chi connectivity index (χ2v) is 12.0. The van der Waals surface area contributed by atoms with Crippen LogP contribution in [-0.2, 0) is 25.5 Å². The zero-order chi connectivity index (χ0) is 26.2. The average Bonchev–Trinajstić information content (AvgIpc) is 2.92. The number of rotatable bonds is 4. The summed E-state index contributed by atoms with van der Waals surface area (Å²) in [6.07, 6.45) is 0.791. The lowest BCUT2D eigenvalue weighted by molar-refractivity contribution is -0.384. The number of nitro benzene ring substituents is 1. The SMILES string of the molecule is C=C1C(=O)[C@]23[C@H](O)[C@H]1CC[C@H]2[C@]1(C)CCC(=O)C(C)(C)[C@H]1C[C@H]3OC(=O)Cc1ccc([N+](=O)[O-])cc1. The van der Waals surface area contributed by atoms with E-state index < -0.39 is 33.9 Å². The third-order valence-corrected chi connectivity index (χ3v) is 10.2. The van der Waals surface area contributed by atoms with Gasteiger partial charge in [0.1, 0.15) is 11.9 Å². The summed E-state index contributed by atoms with van der Waals surface area (Å²) in [6.45, 7) is 10.1. The number of carbonyl (C=O) groups is 3. The third kappa shape index (κ3) is 3.19. The van der Waals surface area contributed by atoms with Gasteiger partial charge in [-0.2, -0.15) is 0 Å². The summed E-state index contributed by atoms with van der Waals surface area (Å²) < 4.78 is 6.07. The number of carbonyl (C=O) groups excluding carboxylic acids is 3. The molecule has 0 amide bonds. The molecule has 0 radical (unpaired) electrons. The molecule has 0 heterocycles. The van der Waals surface area contributed by atoms with E-state index in [0.29, 0.717) is 43.2 Å². The topological polar surface area (TPSA) is 124 Å². The molecule has 0 saturated heterocycles. The molecule has 1 aromatic rings. The fraction of sp³-hybridized carbons (Fsp3) is 0.607. The van der Waals surface area contributed by atoms with Gasteiger partial charge in [0.2, 0.25) is 0 Å². The minimum atomic E-state index is -1.26. The Bertz CT molecular complexity index is 1170. The van der Waals surface area contributed by atoms with Crippen LogP contribution in [0.5, 0.6) is 0 Å². The molecule has 0 unspecified atom stereocenters. The number of non-ortho nitro benzene ring substituents is 1. The molecule has 0 aliphatic heterocycles. The maximum atomic E-state index is 13.9. The first kappa shape index (κ1) is 24.8. The third-order valence-electron chi connectivity index (χ3n) is 10.2. The monoisotopic (exact) mass is 495 g/mol. The van der Waals surface area contributed by atoms with E-state index >= 15 is 0 Å². The van der Waals surface area contributed by atoms with Gasteiger partial charge in [0.05, 0.1) is 22.9 Å². The van der Waals surface area contributed by atoms with Crippen LogP contribution >= 0.6 is 0 Å². The van der Waals surface area contributed by atoms with Crippen LogP contribution in [0.4, 0.5) is 5.69 Å². The van der Waals surface area contributed by atoms with Crippen LogP contribution in [0, 0.1) is 44.1 Å². The molecule has 4 aliphatic carbocycles. The summed E-state index contributed by atoms with van der Waals surface area (Å²) in [7, 11) is 0. The Morgan fingerprint density at radius 2 is 1.83 bits per heavy atom. The predicted octanol–water partition coefficient (Wildman–Crippen LogP) is 3.98. The van der Waals surface area contributed by atoms with Gasteiger partial charge in [-0.05, 0) is 54.1 Å². The molecule has 1 aromatic carbocycles. The number of aliphatic hydroxyl groups excluding tert-OH is 1. The highest BCUT2D eigenvalue weighted by molar-refractivity contribution is 6.04. The van der Waals surface area contributed by atoms with Crippen molar-refractivity contribution in [3.8, 4) is 0 Å². The molecule has 0 aromatic heterocycles. The molecule has 1 N–H and O–H groups in total. The van der Waals surface area contributed by atoms with Crippen molar-refractivity contribution in [1.82, 2.24) is 0 Å². The quantitative estimate of drug-likeness (QED) is 0.290. The first-order valence-electron chi connectivity index (χ1n) is 12.7. The van der Waals surface area contributed by atoms with Crippen molar-refractivity contribution >= 4 is 23.2 Å². The summed E-state index contributed by atoms with van der Waals surface area (Å²) in [5.41, 5.74) is -1.36. The van der Waals surface area contributed by atoms with Crippen LogP contribution < -0.4 is 0 Å². The number of esters is 1. The summed E-state index contributed by atoms with van der Waals surface area (Å²) in [4.78, 5) is 50.4. The Balaban J connectivity index is 1.52. The summed E-state index contributed by atoms with van der Waals surface area (Å²) in [5.74, 6) is -1.28. The van der Waals surface area contributed by atoms with Crippen LogP contribution in [0.3, 0.4) is 0 Å². The van der Waals surface area contributed by atoms with Crippen molar-refractivity contribution in [3.05, 3.63) is 52.1 Å². The van der Waals surface area contributed by atoms with Gasteiger partial charge in [-0.1, -0.05) is 39.5 Å². The van der Waals surface area contributed by atoms with E-state index in [1.165, 1.54) is 24.3 Å². The van der Waals surface area contributed by atoms with Crippen molar-refractivity contribution in [2.24, 2.45) is 34.0 Å². The van der Waals surface area contributed by atoms with Gasteiger partial charge < -0.3 is 9.84 Å². The van der Waals surface area contributed by atoms with Gasteiger partial charge in [0.25, 0.3) is 5.69 Å². The standard InChI is InChI=1S/C28H33NO7/c1-15-18-9-10-19-27(4)12-11-21(30)26(2,3)20(27)14-22(28(19,24(15)32)25(18)33)36-23(31)13-16-5-7-17(8-6-16)29(34)35/h5-8,18-20,22,25,33H,1,9-14H2,2-4H3/t18-,19-,20+,22+,25+,27-,28-/m0/s1. The van der Waals surface area contributed by atoms with Gasteiger partial charge in [0, 0.05) is 29.9 Å². The zero-order valence-corrected chi connectivity index (χ0v) is 21.0. The second-order valence-electron chi connectivity index (χ2n) is 12.0. The normalized spacial score (nSPS) is 38.8. The molecule has 2 bridgehead atoms. The highest BCUT2D eigenvalue weighted by Crippen LogP contribution is 2.71. The van der Waals surface area contributed by atoms with Crippen molar-refractivity contribution < 1.29 is 29.2 Å². The smallest absolute Gasteiger partial charge is 0.310 e. The van der Waals surface area contributed by atoms with Crippen molar-refractivity contribution in [2.45, 2.75) is 71.5 Å². The average molecular weight is 496 g/mol. The van der Waals surface area contributed by atoms with Gasteiger partial charge in [-0.25, -0.2) is 0 Å². The van der Waals surface area contributed by atoms with Crippen LogP contribution in [0.15, 0.2) is 36.4 Å². The highest BCUT2D eigenvalue weighted by atomic mass is 16.6. The first-order chi connectivity index (χ1) is 16.8. The number of hydrogen-bond acceptors (Lipinski definition) is 7. The number of Topliss-reactive ketones (excluding diaryl/α,β-unsaturated/α-hetero) is 2. The van der Waals surface area contributed by atoms with E-state index in [9.17, 15) is 29.6 Å². The van der Waals surface area contributed by atoms with Crippen LogP contribution in [-0.4, -0.2) is 39.8 Å². The lowest BCUT2D eigenvalue weighted by Gasteiger charge is -2.64. The maximum absolute atomic E-state index is 13.9. The van der Waals surface area contributed by atoms with Gasteiger partial charge in [0.15, 0.2) is 5.78 Å². The van der Waals surface area contributed by atoms with Crippen LogP contribution in [0.1, 0.15) is 58.4 Å². The van der Waals surface area contributed by atoms with E-state index in [4.69, 9.17) is 4.74 Å². The summed E-state index contributed by atoms with van der Waals surface area (Å²) >= 11 is 0. The summed E-state index contributed by atoms with van der Waals surface area (Å²) in [6, 6.07) is 5.68. The van der Waals surface area contributed by atoms with E-state index in [0.717, 1.165) is 0 Å². The molecule has 4 aliphatic rings. The molecular formula is C28H33NO7. The Hall–Kier alpha value is -2.87. The molecule has 36 heavy (non-hydrogen) atoms. The van der Waals surface area contributed by atoms with Crippen LogP contribution in [0.25, 0.3) is 0 Å². The van der Waals surface area contributed by atoms with Gasteiger partial charge in [-0.3, -0.25) is 24.5 Å². The second kappa shape index (κ2) is 8.07. The predicted molar refractivity (Wildman–Crippen MR) is 130 cm³/mol. The zero-order valence-electron chi connectivity index (χ0n) is 21.0. The Labute approximate surface area is 210 Å². The number of aliphatic hydroxyl groups is 1. The molecule has 4 saturated carbocycles. The lowest BCUT2D eigenvalue weighted by atomic mass is 9.39. The fourth-order valence-corrected chi connectivity index (χ4v) is 8.36. The highest BCUT2D eigenvalue weighted by Gasteiger charge is 2.75. The number of fused-ring (bicyclic) bond motifs is 3. The minimum absolute atomic E-state index is 0.0731. The molecule has 192 valence electrons. The first-order valence-corrected chi connectivity index (χ1v) is 12.7. The number of benzene rings is 1. The molecule has 5 rings (SSSR count). The Kier molecular flexibility index (Phi) is 5.56. The molecule has 4 fully saturated rings. The maximum Gasteiger partial charge on any atom is 0.310 e. The van der Waals surface area contributed by atoms with E-state index in [1.807, 2.05) is 13.8 Å². The number of nitrogens with zero attached hydrogens (tertiary/aromatic N) is 1. The van der Waals surface area contributed by atoms with Gasteiger partial charge >= 0.3 is 5.97 Å². The van der Waals surface area contributed by atoms with E-state index in [1.54, 1.807) is 0 Å². The van der Waals surface area contributed by atoms with E-state index in [2.05, 4.69) is 13.5 Å². The van der Waals surface area contributed by atoms with E-state index in [-0.39, 0.29) is 46.8 Å². The number of hydrogen-bond donors (Lipinski definition) is 1. The molecule has 7 atom stereocenters. The fourth-order valence-electron chi connectivity index (χ4n) is 8.36.